The van der Waals surface area contributed by atoms with Crippen molar-refractivity contribution >= 4 is 5.91 Å². The summed E-state index contributed by atoms with van der Waals surface area (Å²) in [5, 5.41) is 15.8. The van der Waals surface area contributed by atoms with Gasteiger partial charge < -0.3 is 10.4 Å². The Kier molecular flexibility index (Phi) is 5.39. The molecule has 0 fully saturated rings. The molecule has 0 saturated heterocycles. The number of aromatic nitrogens is 4. The summed E-state index contributed by atoms with van der Waals surface area (Å²) in [6, 6.07) is 3.42. The van der Waals surface area contributed by atoms with Crippen LogP contribution in [0.15, 0.2) is 31.0 Å². The summed E-state index contributed by atoms with van der Waals surface area (Å²) < 4.78 is 1.52. The fourth-order valence-electron chi connectivity index (χ4n) is 1.95. The van der Waals surface area contributed by atoms with Crippen LogP contribution in [0.3, 0.4) is 0 Å². The molecule has 0 aliphatic rings. The monoisotopic (exact) mass is 289 g/mol. The summed E-state index contributed by atoms with van der Waals surface area (Å²) >= 11 is 0. The quantitative estimate of drug-likeness (QED) is 0.786. The van der Waals surface area contributed by atoms with E-state index >= 15 is 0 Å². The Morgan fingerprint density at radius 3 is 2.90 bits per heavy atom. The Morgan fingerprint density at radius 1 is 1.48 bits per heavy atom. The van der Waals surface area contributed by atoms with E-state index in [1.807, 2.05) is 6.92 Å². The van der Waals surface area contributed by atoms with Gasteiger partial charge in [0.1, 0.15) is 12.7 Å². The molecule has 1 atom stereocenters. The van der Waals surface area contributed by atoms with E-state index in [1.54, 1.807) is 18.5 Å². The second-order valence-electron chi connectivity index (χ2n) is 4.74. The molecular formula is C14H19N5O2. The van der Waals surface area contributed by atoms with Crippen LogP contribution in [-0.4, -0.2) is 43.9 Å². The molecule has 2 aromatic rings. The van der Waals surface area contributed by atoms with E-state index in [0.29, 0.717) is 30.3 Å². The van der Waals surface area contributed by atoms with Gasteiger partial charge in [0.05, 0.1) is 5.56 Å². The number of amides is 1. The van der Waals surface area contributed by atoms with E-state index in [9.17, 15) is 4.79 Å². The normalized spacial score (nSPS) is 12.1. The van der Waals surface area contributed by atoms with Crippen LogP contribution >= 0.6 is 0 Å². The zero-order chi connectivity index (χ0) is 15.1. The Balaban J connectivity index is 1.94. The van der Waals surface area contributed by atoms with Crippen LogP contribution in [0.4, 0.5) is 0 Å². The van der Waals surface area contributed by atoms with Crippen LogP contribution in [0.1, 0.15) is 30.1 Å². The van der Waals surface area contributed by atoms with Crippen molar-refractivity contribution in [1.29, 1.82) is 0 Å². The van der Waals surface area contributed by atoms with Crippen molar-refractivity contribution in [1.82, 2.24) is 25.1 Å². The minimum absolute atomic E-state index is 0.141. The largest absolute Gasteiger partial charge is 0.396 e. The number of carbonyl (C=O) groups is 1. The van der Waals surface area contributed by atoms with Gasteiger partial charge in [0.2, 0.25) is 0 Å². The van der Waals surface area contributed by atoms with E-state index < -0.39 is 0 Å². The van der Waals surface area contributed by atoms with Crippen molar-refractivity contribution in [3.63, 3.8) is 0 Å². The van der Waals surface area contributed by atoms with Crippen LogP contribution in [-0.2, 0) is 0 Å². The summed E-state index contributed by atoms with van der Waals surface area (Å²) in [6.07, 6.45) is 6.10. The predicted molar refractivity (Wildman–Crippen MR) is 77.0 cm³/mol. The molecule has 7 nitrogen and oxygen atoms in total. The number of hydrogen-bond donors (Lipinski definition) is 2. The molecular weight excluding hydrogens is 270 g/mol. The Bertz CT molecular complexity index is 553. The van der Waals surface area contributed by atoms with Crippen molar-refractivity contribution in [2.75, 3.05) is 13.2 Å². The van der Waals surface area contributed by atoms with Gasteiger partial charge in [0.15, 0.2) is 5.82 Å². The second kappa shape index (κ2) is 7.49. The minimum Gasteiger partial charge on any atom is -0.396 e. The van der Waals surface area contributed by atoms with Gasteiger partial charge in [0, 0.05) is 19.3 Å². The number of aliphatic hydroxyl groups excluding tert-OH is 1. The van der Waals surface area contributed by atoms with Crippen molar-refractivity contribution in [3.05, 3.63) is 36.5 Å². The first-order valence-electron chi connectivity index (χ1n) is 6.94. The number of rotatable bonds is 7. The third-order valence-electron chi connectivity index (χ3n) is 3.33. The van der Waals surface area contributed by atoms with Gasteiger partial charge in [-0.2, -0.15) is 5.10 Å². The highest BCUT2D eigenvalue weighted by atomic mass is 16.3. The van der Waals surface area contributed by atoms with E-state index in [0.717, 1.165) is 6.42 Å². The Morgan fingerprint density at radius 2 is 2.33 bits per heavy atom. The molecule has 2 rings (SSSR count). The first kappa shape index (κ1) is 15.1. The lowest BCUT2D eigenvalue weighted by Crippen LogP contribution is -2.29. The van der Waals surface area contributed by atoms with Crippen molar-refractivity contribution in [3.8, 4) is 5.82 Å². The summed E-state index contributed by atoms with van der Waals surface area (Å²) in [6.45, 7) is 2.74. The standard InChI is InChI=1S/C14H19N5O2/c1-2-11(5-6-20)7-17-14(21)12-3-4-13(16-8-12)19-10-15-9-18-19/h3-4,8-11,20H,2,5-7H2,1H3,(H,17,21). The average molecular weight is 289 g/mol. The van der Waals surface area contributed by atoms with Gasteiger partial charge in [-0.1, -0.05) is 13.3 Å². The molecule has 0 aromatic carbocycles. The van der Waals surface area contributed by atoms with Gasteiger partial charge >= 0.3 is 0 Å². The van der Waals surface area contributed by atoms with Crippen LogP contribution in [0.2, 0.25) is 0 Å². The zero-order valence-electron chi connectivity index (χ0n) is 11.9. The Hall–Kier alpha value is -2.28. The molecule has 7 heteroatoms. The summed E-state index contributed by atoms with van der Waals surface area (Å²) in [5.74, 6) is 0.737. The van der Waals surface area contributed by atoms with Gasteiger partial charge in [-0.3, -0.25) is 4.79 Å². The SMILES string of the molecule is CCC(CCO)CNC(=O)c1ccc(-n2cncn2)nc1. The lowest BCUT2D eigenvalue weighted by Gasteiger charge is -2.14. The molecule has 0 aliphatic carbocycles. The highest BCUT2D eigenvalue weighted by Gasteiger charge is 2.10. The van der Waals surface area contributed by atoms with Crippen molar-refractivity contribution in [2.45, 2.75) is 19.8 Å². The number of nitrogens with zero attached hydrogens (tertiary/aromatic N) is 4. The molecule has 0 bridgehead atoms. The number of nitrogens with one attached hydrogen (secondary N) is 1. The van der Waals surface area contributed by atoms with E-state index in [-0.39, 0.29) is 12.5 Å². The van der Waals surface area contributed by atoms with E-state index in [1.165, 1.54) is 17.2 Å². The molecule has 0 spiro atoms. The lowest BCUT2D eigenvalue weighted by atomic mass is 10.0. The van der Waals surface area contributed by atoms with Gasteiger partial charge in [0.25, 0.3) is 5.91 Å². The molecule has 21 heavy (non-hydrogen) atoms. The van der Waals surface area contributed by atoms with E-state index in [2.05, 4.69) is 20.4 Å². The first-order chi connectivity index (χ1) is 10.2. The molecule has 2 aromatic heterocycles. The molecule has 1 amide bonds. The first-order valence-corrected chi connectivity index (χ1v) is 6.94. The zero-order valence-corrected chi connectivity index (χ0v) is 11.9. The van der Waals surface area contributed by atoms with Crippen LogP contribution in [0, 0.1) is 5.92 Å². The minimum atomic E-state index is -0.163. The second-order valence-corrected chi connectivity index (χ2v) is 4.74. The summed E-state index contributed by atoms with van der Waals surface area (Å²) in [4.78, 5) is 20.0. The maximum Gasteiger partial charge on any atom is 0.252 e. The lowest BCUT2D eigenvalue weighted by molar-refractivity contribution is 0.0943. The maximum absolute atomic E-state index is 12.0. The highest BCUT2D eigenvalue weighted by Crippen LogP contribution is 2.07. The third kappa shape index (κ3) is 4.09. The van der Waals surface area contributed by atoms with Crippen LogP contribution in [0.5, 0.6) is 0 Å². The molecule has 2 heterocycles. The van der Waals surface area contributed by atoms with E-state index in [4.69, 9.17) is 5.11 Å². The number of pyridine rings is 1. The fraction of sp³-hybridized carbons (Fsp3) is 0.429. The highest BCUT2D eigenvalue weighted by molar-refractivity contribution is 5.93. The maximum atomic E-state index is 12.0. The molecule has 112 valence electrons. The number of carbonyl (C=O) groups excluding carboxylic acids is 1. The summed E-state index contributed by atoms with van der Waals surface area (Å²) in [5.41, 5.74) is 0.498. The van der Waals surface area contributed by atoms with Gasteiger partial charge in [-0.05, 0) is 24.5 Å². The van der Waals surface area contributed by atoms with Crippen molar-refractivity contribution in [2.24, 2.45) is 5.92 Å². The molecule has 0 aliphatic heterocycles. The van der Waals surface area contributed by atoms with Gasteiger partial charge in [-0.15, -0.1) is 0 Å². The summed E-state index contributed by atoms with van der Waals surface area (Å²) in [7, 11) is 0. The number of hydrogen-bond acceptors (Lipinski definition) is 5. The molecule has 2 N–H and O–H groups in total. The van der Waals surface area contributed by atoms with Crippen LogP contribution in [0.25, 0.3) is 5.82 Å². The van der Waals surface area contributed by atoms with Gasteiger partial charge in [-0.25, -0.2) is 14.6 Å². The molecule has 0 saturated carbocycles. The predicted octanol–water partition coefficient (Wildman–Crippen LogP) is 0.801. The van der Waals surface area contributed by atoms with Crippen molar-refractivity contribution < 1.29 is 9.90 Å². The average Bonchev–Trinajstić information content (AvgIpc) is 3.05. The molecule has 0 radical (unpaired) electrons. The third-order valence-corrected chi connectivity index (χ3v) is 3.33. The fourth-order valence-corrected chi connectivity index (χ4v) is 1.95. The van der Waals surface area contributed by atoms with Crippen LogP contribution < -0.4 is 5.32 Å². The topological polar surface area (TPSA) is 92.9 Å². The number of aliphatic hydroxyl groups is 1. The Labute approximate surface area is 123 Å². The smallest absolute Gasteiger partial charge is 0.252 e. The molecule has 1 unspecified atom stereocenters.